The molecule has 0 amide bonds. The van der Waals surface area contributed by atoms with E-state index in [-0.39, 0.29) is 0 Å². The Bertz CT molecular complexity index is 414. The Morgan fingerprint density at radius 3 is 2.60 bits per heavy atom. The number of hydrogen-bond acceptors (Lipinski definition) is 2. The van der Waals surface area contributed by atoms with E-state index in [4.69, 9.17) is 0 Å². The largest absolute Gasteiger partial charge is 0.313 e. The Hall–Kier alpha value is -1.00. The van der Waals surface area contributed by atoms with Crippen LogP contribution in [-0.2, 0) is 6.54 Å². The minimum Gasteiger partial charge on any atom is -0.313 e. The first-order valence-electron chi connectivity index (χ1n) is 7.43. The van der Waals surface area contributed by atoms with E-state index in [2.05, 4.69) is 24.1 Å². The van der Waals surface area contributed by atoms with Crippen molar-refractivity contribution < 1.29 is 8.78 Å². The maximum absolute atomic E-state index is 13.2. The minimum atomic E-state index is -0.494. The average Bonchev–Trinajstić information content (AvgIpc) is 2.52. The second-order valence-electron chi connectivity index (χ2n) is 6.15. The maximum Gasteiger partial charge on any atom is 0.126 e. The molecular formula is C16H24F2N2. The monoisotopic (exact) mass is 282 g/mol. The quantitative estimate of drug-likeness (QED) is 0.912. The van der Waals surface area contributed by atoms with E-state index in [1.807, 2.05) is 0 Å². The molecule has 20 heavy (non-hydrogen) atoms. The van der Waals surface area contributed by atoms with Crippen molar-refractivity contribution in [3.63, 3.8) is 0 Å². The zero-order chi connectivity index (χ0) is 14.5. The lowest BCUT2D eigenvalue weighted by molar-refractivity contribution is 0.247. The van der Waals surface area contributed by atoms with Crippen LogP contribution in [0.25, 0.3) is 0 Å². The Balaban J connectivity index is 1.99. The molecule has 2 rings (SSSR count). The predicted octanol–water partition coefficient (Wildman–Crippen LogP) is 3.17. The Morgan fingerprint density at radius 2 is 1.95 bits per heavy atom. The highest BCUT2D eigenvalue weighted by molar-refractivity contribution is 5.17. The second-order valence-corrected chi connectivity index (χ2v) is 6.15. The van der Waals surface area contributed by atoms with Crippen molar-refractivity contribution >= 4 is 0 Å². The molecule has 1 aromatic rings. The number of halogens is 2. The van der Waals surface area contributed by atoms with Gasteiger partial charge in [-0.3, -0.25) is 4.90 Å². The van der Waals surface area contributed by atoms with Gasteiger partial charge in [-0.1, -0.05) is 13.8 Å². The average molecular weight is 282 g/mol. The van der Waals surface area contributed by atoms with Crippen LogP contribution in [-0.4, -0.2) is 30.6 Å². The Labute approximate surface area is 120 Å². The van der Waals surface area contributed by atoms with E-state index in [0.717, 1.165) is 38.5 Å². The summed E-state index contributed by atoms with van der Waals surface area (Å²) in [5.41, 5.74) is 0.715. The summed E-state index contributed by atoms with van der Waals surface area (Å²) in [6, 6.07) is 4.25. The predicted molar refractivity (Wildman–Crippen MR) is 77.5 cm³/mol. The van der Waals surface area contributed by atoms with E-state index < -0.39 is 11.6 Å². The summed E-state index contributed by atoms with van der Waals surface area (Å²) in [6.45, 7) is 7.99. The van der Waals surface area contributed by atoms with Crippen molar-refractivity contribution in [1.29, 1.82) is 0 Å². The summed E-state index contributed by atoms with van der Waals surface area (Å²) < 4.78 is 26.5. The summed E-state index contributed by atoms with van der Waals surface area (Å²) in [4.78, 5) is 2.29. The fourth-order valence-electron chi connectivity index (χ4n) is 2.91. The van der Waals surface area contributed by atoms with E-state index in [9.17, 15) is 8.78 Å². The number of hydrogen-bond donors (Lipinski definition) is 1. The van der Waals surface area contributed by atoms with Gasteiger partial charge >= 0.3 is 0 Å². The summed E-state index contributed by atoms with van der Waals surface area (Å²) in [6.07, 6.45) is 2.21. The maximum atomic E-state index is 13.2. The topological polar surface area (TPSA) is 15.3 Å². The van der Waals surface area contributed by atoms with Crippen LogP contribution in [0.5, 0.6) is 0 Å². The van der Waals surface area contributed by atoms with Crippen LogP contribution in [0.3, 0.4) is 0 Å². The molecule has 2 nitrogen and oxygen atoms in total. The smallest absolute Gasteiger partial charge is 0.126 e. The molecule has 1 aliphatic heterocycles. The molecule has 112 valence electrons. The van der Waals surface area contributed by atoms with E-state index in [0.29, 0.717) is 24.1 Å². The highest BCUT2D eigenvalue weighted by Gasteiger charge is 2.19. The van der Waals surface area contributed by atoms with Gasteiger partial charge in [-0.05, 0) is 49.5 Å². The van der Waals surface area contributed by atoms with Crippen LogP contribution in [0.1, 0.15) is 32.3 Å². The van der Waals surface area contributed by atoms with Crippen molar-refractivity contribution in [2.45, 2.75) is 39.3 Å². The van der Waals surface area contributed by atoms with Gasteiger partial charge in [0, 0.05) is 25.2 Å². The highest BCUT2D eigenvalue weighted by Crippen LogP contribution is 2.14. The van der Waals surface area contributed by atoms with Crippen LogP contribution in [0.2, 0.25) is 0 Å². The van der Waals surface area contributed by atoms with Gasteiger partial charge in [0.05, 0.1) is 0 Å². The Morgan fingerprint density at radius 1 is 1.25 bits per heavy atom. The second kappa shape index (κ2) is 7.14. The fourth-order valence-corrected chi connectivity index (χ4v) is 2.91. The number of nitrogens with one attached hydrogen (secondary N) is 1. The molecular weight excluding hydrogens is 258 g/mol. The van der Waals surface area contributed by atoms with Crippen molar-refractivity contribution in [3.05, 3.63) is 35.4 Å². The molecule has 4 heteroatoms. The molecule has 0 aromatic heterocycles. The third-order valence-corrected chi connectivity index (χ3v) is 3.65. The fraction of sp³-hybridized carbons (Fsp3) is 0.625. The minimum absolute atomic E-state index is 0.468. The van der Waals surface area contributed by atoms with Crippen molar-refractivity contribution in [3.8, 4) is 0 Å². The molecule has 1 heterocycles. The molecule has 0 spiro atoms. The molecule has 1 aromatic carbocycles. The molecule has 1 saturated heterocycles. The lowest BCUT2D eigenvalue weighted by atomic mass is 10.0. The van der Waals surface area contributed by atoms with Gasteiger partial charge in [-0.25, -0.2) is 8.78 Å². The van der Waals surface area contributed by atoms with Crippen LogP contribution in [0.4, 0.5) is 8.78 Å². The molecule has 0 aliphatic carbocycles. The normalized spacial score (nSPS) is 21.1. The molecule has 0 saturated carbocycles. The van der Waals surface area contributed by atoms with Gasteiger partial charge in [0.25, 0.3) is 0 Å². The molecule has 1 N–H and O–H groups in total. The van der Waals surface area contributed by atoms with E-state index >= 15 is 0 Å². The summed E-state index contributed by atoms with van der Waals surface area (Å²) >= 11 is 0. The number of nitrogens with zero attached hydrogens (tertiary/aromatic N) is 1. The number of rotatable bonds is 4. The first-order valence-corrected chi connectivity index (χ1v) is 7.43. The van der Waals surface area contributed by atoms with Crippen LogP contribution in [0, 0.1) is 17.6 Å². The van der Waals surface area contributed by atoms with E-state index in [1.165, 1.54) is 12.1 Å². The zero-order valence-corrected chi connectivity index (χ0v) is 12.3. The molecule has 1 aliphatic rings. The summed E-state index contributed by atoms with van der Waals surface area (Å²) in [7, 11) is 0. The van der Waals surface area contributed by atoms with Gasteiger partial charge in [-0.15, -0.1) is 0 Å². The molecule has 1 unspecified atom stereocenters. The SMILES string of the molecule is CC(C)CC1CN(Cc2cc(F)cc(F)c2)CCCN1. The molecule has 1 atom stereocenters. The lowest BCUT2D eigenvalue weighted by Gasteiger charge is -2.25. The van der Waals surface area contributed by atoms with Gasteiger partial charge in [0.15, 0.2) is 0 Å². The standard InChI is InChI=1S/C16H24F2N2/c1-12(2)6-16-11-20(5-3-4-19-16)10-13-7-14(17)9-15(18)8-13/h7-9,12,16,19H,3-6,10-11H2,1-2H3. The lowest BCUT2D eigenvalue weighted by Crippen LogP contribution is -2.38. The van der Waals surface area contributed by atoms with E-state index in [1.54, 1.807) is 0 Å². The molecule has 1 fully saturated rings. The van der Waals surface area contributed by atoms with Gasteiger partial charge in [0.2, 0.25) is 0 Å². The molecule has 0 bridgehead atoms. The van der Waals surface area contributed by atoms with Crippen molar-refractivity contribution in [2.24, 2.45) is 5.92 Å². The van der Waals surface area contributed by atoms with Crippen LogP contribution in [0.15, 0.2) is 18.2 Å². The van der Waals surface area contributed by atoms with Gasteiger partial charge in [0.1, 0.15) is 11.6 Å². The summed E-state index contributed by atoms with van der Waals surface area (Å²) in [5, 5.41) is 3.56. The third-order valence-electron chi connectivity index (χ3n) is 3.65. The zero-order valence-electron chi connectivity index (χ0n) is 12.3. The first-order chi connectivity index (χ1) is 9.52. The summed E-state index contributed by atoms with van der Waals surface area (Å²) in [5.74, 6) is -0.336. The molecule has 0 radical (unpaired) electrons. The first kappa shape index (κ1) is 15.4. The highest BCUT2D eigenvalue weighted by atomic mass is 19.1. The van der Waals surface area contributed by atoms with Gasteiger partial charge < -0.3 is 5.32 Å². The third kappa shape index (κ3) is 4.84. The van der Waals surface area contributed by atoms with Crippen LogP contribution < -0.4 is 5.32 Å². The Kier molecular flexibility index (Phi) is 5.49. The van der Waals surface area contributed by atoms with Gasteiger partial charge in [-0.2, -0.15) is 0 Å². The van der Waals surface area contributed by atoms with Crippen molar-refractivity contribution in [1.82, 2.24) is 10.2 Å². The van der Waals surface area contributed by atoms with Crippen molar-refractivity contribution in [2.75, 3.05) is 19.6 Å². The number of benzene rings is 1. The van der Waals surface area contributed by atoms with Crippen LogP contribution >= 0.6 is 0 Å².